The molecule has 1 aliphatic rings. The van der Waals surface area contributed by atoms with Gasteiger partial charge in [-0.05, 0) is 37.1 Å². The van der Waals surface area contributed by atoms with Crippen LogP contribution >= 0.6 is 22.9 Å². The molecule has 0 bridgehead atoms. The third kappa shape index (κ3) is 4.31. The number of piperazine rings is 1. The van der Waals surface area contributed by atoms with Gasteiger partial charge in [0.2, 0.25) is 5.91 Å². The first kappa shape index (κ1) is 19.9. The average Bonchev–Trinajstić information content (AvgIpc) is 3.19. The van der Waals surface area contributed by atoms with Crippen LogP contribution in [0.15, 0.2) is 47.8 Å². The van der Waals surface area contributed by atoms with Gasteiger partial charge in [-0.25, -0.2) is 4.98 Å². The van der Waals surface area contributed by atoms with Crippen LogP contribution in [0.5, 0.6) is 0 Å². The van der Waals surface area contributed by atoms with Crippen molar-refractivity contribution in [2.24, 2.45) is 0 Å². The lowest BCUT2D eigenvalue weighted by Gasteiger charge is -2.37. The minimum atomic E-state index is 0.140. The number of carbonyl (C=O) groups excluding carboxylic acids is 1. The van der Waals surface area contributed by atoms with E-state index in [1.54, 1.807) is 0 Å². The molecular weight excluding hydrogens is 402 g/mol. The second kappa shape index (κ2) is 8.56. The highest BCUT2D eigenvalue weighted by Crippen LogP contribution is 2.30. The fourth-order valence-electron chi connectivity index (χ4n) is 3.69. The Kier molecular flexibility index (Phi) is 5.88. The molecule has 3 aromatic rings. The summed E-state index contributed by atoms with van der Waals surface area (Å²) in [5.41, 5.74) is 5.63. The molecule has 0 N–H and O–H groups in total. The topological polar surface area (TPSA) is 36.4 Å². The van der Waals surface area contributed by atoms with Gasteiger partial charge in [-0.3, -0.25) is 4.79 Å². The van der Waals surface area contributed by atoms with Crippen LogP contribution in [0.4, 0.5) is 5.69 Å². The summed E-state index contributed by atoms with van der Waals surface area (Å²) in [6, 6.07) is 14.1. The number of halogens is 1. The van der Waals surface area contributed by atoms with Crippen molar-refractivity contribution in [3.05, 3.63) is 69.7 Å². The number of nitrogens with zero attached hydrogens (tertiary/aromatic N) is 3. The molecule has 1 amide bonds. The standard InChI is InChI=1S/C23H24ClN3OS/c1-16-6-5-9-21(17(16)2)26-10-12-27(13-11-26)22(28)14-18-15-29-23(25-18)19-7-3-4-8-20(19)24/h3-9,15H,10-14H2,1-2H3. The quantitative estimate of drug-likeness (QED) is 0.592. The van der Waals surface area contributed by atoms with Crippen molar-refractivity contribution in [2.45, 2.75) is 20.3 Å². The van der Waals surface area contributed by atoms with Gasteiger partial charge in [-0.1, -0.05) is 41.9 Å². The summed E-state index contributed by atoms with van der Waals surface area (Å²) >= 11 is 7.80. The van der Waals surface area contributed by atoms with Gasteiger partial charge in [0.1, 0.15) is 5.01 Å². The molecule has 150 valence electrons. The van der Waals surface area contributed by atoms with Crippen LogP contribution in [0.25, 0.3) is 10.6 Å². The van der Waals surface area contributed by atoms with E-state index < -0.39 is 0 Å². The largest absolute Gasteiger partial charge is 0.368 e. The number of thiazole rings is 1. The summed E-state index contributed by atoms with van der Waals surface area (Å²) in [6.07, 6.45) is 0.338. The summed E-state index contributed by atoms with van der Waals surface area (Å²) in [4.78, 5) is 21.8. The van der Waals surface area contributed by atoms with E-state index in [2.05, 4.69) is 41.9 Å². The van der Waals surface area contributed by atoms with Crippen molar-refractivity contribution in [1.82, 2.24) is 9.88 Å². The molecule has 0 atom stereocenters. The Morgan fingerprint density at radius 1 is 1.07 bits per heavy atom. The lowest BCUT2D eigenvalue weighted by atomic mass is 10.1. The maximum Gasteiger partial charge on any atom is 0.228 e. The third-order valence-corrected chi connectivity index (χ3v) is 6.79. The van der Waals surface area contributed by atoms with Gasteiger partial charge >= 0.3 is 0 Å². The number of anilines is 1. The molecule has 2 heterocycles. The zero-order valence-electron chi connectivity index (χ0n) is 16.7. The van der Waals surface area contributed by atoms with E-state index in [0.29, 0.717) is 11.4 Å². The highest BCUT2D eigenvalue weighted by Gasteiger charge is 2.23. The van der Waals surface area contributed by atoms with Crippen LogP contribution in [-0.2, 0) is 11.2 Å². The normalized spacial score (nSPS) is 14.3. The van der Waals surface area contributed by atoms with Gasteiger partial charge in [0, 0.05) is 42.8 Å². The summed E-state index contributed by atoms with van der Waals surface area (Å²) < 4.78 is 0. The zero-order chi connectivity index (χ0) is 20.4. The predicted octanol–water partition coefficient (Wildman–Crippen LogP) is 4.97. The van der Waals surface area contributed by atoms with Gasteiger partial charge < -0.3 is 9.80 Å². The highest BCUT2D eigenvalue weighted by atomic mass is 35.5. The van der Waals surface area contributed by atoms with Crippen LogP contribution in [-0.4, -0.2) is 42.0 Å². The van der Waals surface area contributed by atoms with Gasteiger partial charge in [-0.2, -0.15) is 0 Å². The number of rotatable bonds is 4. The lowest BCUT2D eigenvalue weighted by Crippen LogP contribution is -2.49. The van der Waals surface area contributed by atoms with Crippen LogP contribution in [0, 0.1) is 13.8 Å². The summed E-state index contributed by atoms with van der Waals surface area (Å²) in [5.74, 6) is 0.140. The Bertz CT molecular complexity index is 1020. The third-order valence-electron chi connectivity index (χ3n) is 5.54. The maximum atomic E-state index is 12.8. The molecule has 1 aliphatic heterocycles. The van der Waals surface area contributed by atoms with E-state index in [1.165, 1.54) is 28.2 Å². The Balaban J connectivity index is 1.37. The van der Waals surface area contributed by atoms with Crippen LogP contribution in [0.1, 0.15) is 16.8 Å². The van der Waals surface area contributed by atoms with Crippen molar-refractivity contribution >= 4 is 34.5 Å². The molecule has 0 saturated carbocycles. The van der Waals surface area contributed by atoms with Gasteiger partial charge in [-0.15, -0.1) is 11.3 Å². The molecule has 4 nitrogen and oxygen atoms in total. The fourth-order valence-corrected chi connectivity index (χ4v) is 4.83. The number of amides is 1. The number of benzene rings is 2. The number of carbonyl (C=O) groups is 1. The van der Waals surface area contributed by atoms with E-state index >= 15 is 0 Å². The van der Waals surface area contributed by atoms with Crippen LogP contribution < -0.4 is 4.90 Å². The second-order valence-corrected chi connectivity index (χ2v) is 8.65. The number of aryl methyl sites for hydroxylation is 1. The molecule has 1 aromatic heterocycles. The van der Waals surface area contributed by atoms with Gasteiger partial charge in [0.25, 0.3) is 0 Å². The molecular formula is C23H24ClN3OS. The maximum absolute atomic E-state index is 12.8. The van der Waals surface area contributed by atoms with Crippen LogP contribution in [0.2, 0.25) is 5.02 Å². The molecule has 29 heavy (non-hydrogen) atoms. The Morgan fingerprint density at radius 2 is 1.83 bits per heavy atom. The molecule has 2 aromatic carbocycles. The molecule has 1 fully saturated rings. The first-order valence-corrected chi connectivity index (χ1v) is 11.1. The summed E-state index contributed by atoms with van der Waals surface area (Å²) in [7, 11) is 0. The van der Waals surface area contributed by atoms with Gasteiger partial charge in [0.05, 0.1) is 17.1 Å². The summed E-state index contributed by atoms with van der Waals surface area (Å²) in [6.45, 7) is 7.52. The zero-order valence-corrected chi connectivity index (χ0v) is 18.3. The van der Waals surface area contributed by atoms with Crippen molar-refractivity contribution < 1.29 is 4.79 Å². The Morgan fingerprint density at radius 3 is 2.59 bits per heavy atom. The van der Waals surface area contributed by atoms with E-state index in [4.69, 9.17) is 11.6 Å². The van der Waals surface area contributed by atoms with Crippen molar-refractivity contribution in [2.75, 3.05) is 31.1 Å². The van der Waals surface area contributed by atoms with E-state index in [-0.39, 0.29) is 5.91 Å². The average molecular weight is 426 g/mol. The number of hydrogen-bond acceptors (Lipinski definition) is 4. The smallest absolute Gasteiger partial charge is 0.228 e. The molecule has 6 heteroatoms. The molecule has 1 saturated heterocycles. The molecule has 0 spiro atoms. The first-order chi connectivity index (χ1) is 14.0. The molecule has 0 unspecified atom stereocenters. The summed E-state index contributed by atoms with van der Waals surface area (Å²) in [5, 5.41) is 3.50. The van der Waals surface area contributed by atoms with E-state index in [1.807, 2.05) is 34.5 Å². The van der Waals surface area contributed by atoms with Gasteiger partial charge in [0.15, 0.2) is 0 Å². The predicted molar refractivity (Wildman–Crippen MR) is 121 cm³/mol. The van der Waals surface area contributed by atoms with E-state index in [9.17, 15) is 4.79 Å². The monoisotopic (exact) mass is 425 g/mol. The van der Waals surface area contributed by atoms with E-state index in [0.717, 1.165) is 42.4 Å². The van der Waals surface area contributed by atoms with Crippen molar-refractivity contribution in [3.8, 4) is 10.6 Å². The fraction of sp³-hybridized carbons (Fsp3) is 0.304. The first-order valence-electron chi connectivity index (χ1n) is 9.81. The minimum absolute atomic E-state index is 0.140. The second-order valence-electron chi connectivity index (χ2n) is 7.39. The number of hydrogen-bond donors (Lipinski definition) is 0. The highest BCUT2D eigenvalue weighted by molar-refractivity contribution is 7.13. The Hall–Kier alpha value is -2.37. The molecule has 0 aliphatic carbocycles. The molecule has 0 radical (unpaired) electrons. The Labute approximate surface area is 180 Å². The lowest BCUT2D eigenvalue weighted by molar-refractivity contribution is -0.130. The number of aromatic nitrogens is 1. The van der Waals surface area contributed by atoms with Crippen LogP contribution in [0.3, 0.4) is 0 Å². The SMILES string of the molecule is Cc1cccc(N2CCN(C(=O)Cc3csc(-c4ccccc4Cl)n3)CC2)c1C. The van der Waals surface area contributed by atoms with Crippen molar-refractivity contribution in [3.63, 3.8) is 0 Å². The van der Waals surface area contributed by atoms with Crippen molar-refractivity contribution in [1.29, 1.82) is 0 Å². The molecule has 4 rings (SSSR count). The minimum Gasteiger partial charge on any atom is -0.368 e.